The minimum absolute atomic E-state index is 0.00117. The Hall–Kier alpha value is -3.40. The Morgan fingerprint density at radius 1 is 1.26 bits per heavy atom. The van der Waals surface area contributed by atoms with E-state index in [1.165, 1.54) is 12.1 Å². The minimum atomic E-state index is -0.788. The van der Waals surface area contributed by atoms with Crippen molar-refractivity contribution >= 4 is 22.9 Å². The molecule has 1 aliphatic carbocycles. The van der Waals surface area contributed by atoms with Crippen LogP contribution in [-0.2, 0) is 0 Å². The molecule has 0 atom stereocenters. The van der Waals surface area contributed by atoms with Crippen LogP contribution in [0.25, 0.3) is 21.1 Å². The van der Waals surface area contributed by atoms with Crippen molar-refractivity contribution < 1.29 is 14.5 Å². The molecule has 1 fully saturated rings. The van der Waals surface area contributed by atoms with E-state index in [0.717, 1.165) is 29.7 Å². The van der Waals surface area contributed by atoms with Crippen LogP contribution in [0.15, 0.2) is 36.7 Å². The van der Waals surface area contributed by atoms with Gasteiger partial charge in [-0.1, -0.05) is 11.3 Å². The standard InChI is InChI=1S/C17H13N5O4S/c18-15(23)11-5-6-12(26-10-3-4-10)14(22(24)25)13(11)17-21-20-16(27-17)9-2-1-7-19-8-9/h1-2,5-8,10H,3-4H2,(H2,18,23). The van der Waals surface area contributed by atoms with Gasteiger partial charge >= 0.3 is 5.69 Å². The Bertz CT molecular complexity index is 1030. The number of rotatable bonds is 6. The third kappa shape index (κ3) is 3.34. The average Bonchev–Trinajstić information content (AvgIpc) is 3.33. The van der Waals surface area contributed by atoms with E-state index in [1.807, 2.05) is 0 Å². The molecule has 0 saturated heterocycles. The molecule has 4 rings (SSSR count). The molecule has 1 aromatic carbocycles. The summed E-state index contributed by atoms with van der Waals surface area (Å²) in [6, 6.07) is 6.38. The first-order valence-corrected chi connectivity index (χ1v) is 8.88. The van der Waals surface area contributed by atoms with Crippen LogP contribution in [0.5, 0.6) is 5.75 Å². The van der Waals surface area contributed by atoms with Gasteiger partial charge in [0.1, 0.15) is 10.6 Å². The number of nitro benzene ring substituents is 1. The molecule has 0 spiro atoms. The Morgan fingerprint density at radius 2 is 2.04 bits per heavy atom. The lowest BCUT2D eigenvalue weighted by Crippen LogP contribution is -2.14. The largest absolute Gasteiger partial charge is 0.483 e. The molecule has 27 heavy (non-hydrogen) atoms. The molecule has 1 aliphatic rings. The summed E-state index contributed by atoms with van der Waals surface area (Å²) < 4.78 is 5.66. The van der Waals surface area contributed by atoms with Crippen molar-refractivity contribution in [3.8, 4) is 26.9 Å². The van der Waals surface area contributed by atoms with Crippen LogP contribution in [-0.4, -0.2) is 32.1 Å². The summed E-state index contributed by atoms with van der Waals surface area (Å²) in [5.41, 5.74) is 5.86. The third-order valence-corrected chi connectivity index (χ3v) is 4.94. The molecule has 2 N–H and O–H groups in total. The quantitative estimate of drug-likeness (QED) is 0.511. The zero-order valence-electron chi connectivity index (χ0n) is 13.9. The summed E-state index contributed by atoms with van der Waals surface area (Å²) in [6.45, 7) is 0. The normalized spacial score (nSPS) is 13.3. The summed E-state index contributed by atoms with van der Waals surface area (Å²) in [7, 11) is 0. The van der Waals surface area contributed by atoms with E-state index in [-0.39, 0.29) is 33.7 Å². The highest BCUT2D eigenvalue weighted by Crippen LogP contribution is 2.44. The maximum Gasteiger partial charge on any atom is 0.321 e. The summed E-state index contributed by atoms with van der Waals surface area (Å²) in [6.07, 6.45) is 4.87. The molecule has 0 bridgehead atoms. The predicted octanol–water partition coefficient (Wildman–Crippen LogP) is 2.82. The maximum atomic E-state index is 11.9. The van der Waals surface area contributed by atoms with Gasteiger partial charge in [-0.2, -0.15) is 0 Å². The molecule has 3 aromatic rings. The molecule has 2 aromatic heterocycles. The number of carbonyl (C=O) groups is 1. The van der Waals surface area contributed by atoms with Gasteiger partial charge in [0.2, 0.25) is 5.91 Å². The number of pyridine rings is 1. The van der Waals surface area contributed by atoms with Gasteiger partial charge in [-0.05, 0) is 37.1 Å². The van der Waals surface area contributed by atoms with E-state index in [0.29, 0.717) is 5.01 Å². The number of amides is 1. The van der Waals surface area contributed by atoms with Gasteiger partial charge in [-0.15, -0.1) is 10.2 Å². The highest BCUT2D eigenvalue weighted by molar-refractivity contribution is 7.18. The number of hydrogen-bond donors (Lipinski definition) is 1. The SMILES string of the molecule is NC(=O)c1ccc(OC2CC2)c([N+](=O)[O-])c1-c1nnc(-c2cccnc2)s1. The molecule has 0 aliphatic heterocycles. The topological polar surface area (TPSA) is 134 Å². The molecule has 0 radical (unpaired) electrons. The van der Waals surface area contributed by atoms with Crippen LogP contribution < -0.4 is 10.5 Å². The van der Waals surface area contributed by atoms with Gasteiger partial charge in [0, 0.05) is 18.0 Å². The first-order chi connectivity index (χ1) is 13.0. The van der Waals surface area contributed by atoms with E-state index < -0.39 is 10.8 Å². The molecule has 136 valence electrons. The highest BCUT2D eigenvalue weighted by atomic mass is 32.1. The lowest BCUT2D eigenvalue weighted by molar-refractivity contribution is -0.385. The number of ether oxygens (including phenoxy) is 1. The van der Waals surface area contributed by atoms with Crippen molar-refractivity contribution in [3.05, 3.63) is 52.3 Å². The van der Waals surface area contributed by atoms with Crippen LogP contribution in [0.3, 0.4) is 0 Å². The van der Waals surface area contributed by atoms with Crippen molar-refractivity contribution in [3.63, 3.8) is 0 Å². The van der Waals surface area contributed by atoms with E-state index in [2.05, 4.69) is 15.2 Å². The van der Waals surface area contributed by atoms with E-state index in [1.54, 1.807) is 24.5 Å². The second-order valence-electron chi connectivity index (χ2n) is 5.93. The summed E-state index contributed by atoms with van der Waals surface area (Å²) in [5.74, 6) is -0.690. The lowest BCUT2D eigenvalue weighted by atomic mass is 10.0. The van der Waals surface area contributed by atoms with Crippen molar-refractivity contribution in [1.29, 1.82) is 0 Å². The number of hydrogen-bond acceptors (Lipinski definition) is 8. The molecule has 1 saturated carbocycles. The molecule has 1 amide bonds. The first-order valence-electron chi connectivity index (χ1n) is 8.06. The van der Waals surface area contributed by atoms with Gasteiger partial charge in [0.05, 0.1) is 16.6 Å². The van der Waals surface area contributed by atoms with Crippen LogP contribution in [0.2, 0.25) is 0 Å². The van der Waals surface area contributed by atoms with E-state index >= 15 is 0 Å². The summed E-state index contributed by atoms with van der Waals surface area (Å²) >= 11 is 1.12. The summed E-state index contributed by atoms with van der Waals surface area (Å²) in [4.78, 5) is 27.1. The van der Waals surface area contributed by atoms with E-state index in [4.69, 9.17) is 10.5 Å². The number of carbonyl (C=O) groups excluding carboxylic acids is 1. The van der Waals surface area contributed by atoms with Gasteiger partial charge in [-0.3, -0.25) is 19.9 Å². The summed E-state index contributed by atoms with van der Waals surface area (Å²) in [5, 5.41) is 20.7. The van der Waals surface area contributed by atoms with Gasteiger partial charge in [0.25, 0.3) is 0 Å². The second-order valence-corrected chi connectivity index (χ2v) is 6.91. The maximum absolute atomic E-state index is 11.9. The van der Waals surface area contributed by atoms with Crippen LogP contribution in [0.1, 0.15) is 23.2 Å². The third-order valence-electron chi connectivity index (χ3n) is 3.95. The zero-order valence-corrected chi connectivity index (χ0v) is 14.7. The fourth-order valence-corrected chi connectivity index (χ4v) is 3.46. The number of nitro groups is 1. The first kappa shape index (κ1) is 17.0. The predicted molar refractivity (Wildman–Crippen MR) is 97.4 cm³/mol. The van der Waals surface area contributed by atoms with Crippen LogP contribution >= 0.6 is 11.3 Å². The van der Waals surface area contributed by atoms with Crippen molar-refractivity contribution in [1.82, 2.24) is 15.2 Å². The fraction of sp³-hybridized carbons (Fsp3) is 0.176. The van der Waals surface area contributed by atoms with Crippen molar-refractivity contribution in [2.75, 3.05) is 0 Å². The van der Waals surface area contributed by atoms with Crippen molar-refractivity contribution in [2.24, 2.45) is 5.73 Å². The number of benzene rings is 1. The van der Waals surface area contributed by atoms with Gasteiger partial charge in [-0.25, -0.2) is 0 Å². The fourth-order valence-electron chi connectivity index (χ4n) is 2.57. The van der Waals surface area contributed by atoms with Gasteiger partial charge < -0.3 is 10.5 Å². The molecule has 9 nitrogen and oxygen atoms in total. The number of nitrogens with zero attached hydrogens (tertiary/aromatic N) is 4. The zero-order chi connectivity index (χ0) is 19.0. The van der Waals surface area contributed by atoms with Gasteiger partial charge in [0.15, 0.2) is 10.8 Å². The Balaban J connectivity index is 1.88. The smallest absolute Gasteiger partial charge is 0.321 e. The molecule has 0 unspecified atom stereocenters. The Labute approximate surface area is 157 Å². The number of nitrogens with two attached hydrogens (primary N) is 1. The second kappa shape index (κ2) is 6.72. The van der Waals surface area contributed by atoms with Crippen molar-refractivity contribution in [2.45, 2.75) is 18.9 Å². The molecule has 2 heterocycles. The molecular weight excluding hydrogens is 370 g/mol. The molecule has 10 heteroatoms. The monoisotopic (exact) mass is 383 g/mol. The minimum Gasteiger partial charge on any atom is -0.483 e. The highest BCUT2D eigenvalue weighted by Gasteiger charge is 2.33. The average molecular weight is 383 g/mol. The number of aromatic nitrogens is 3. The van der Waals surface area contributed by atoms with Crippen LogP contribution in [0, 0.1) is 10.1 Å². The Morgan fingerprint density at radius 3 is 2.67 bits per heavy atom. The van der Waals surface area contributed by atoms with E-state index in [9.17, 15) is 14.9 Å². The Kier molecular flexibility index (Phi) is 4.24. The molecular formula is C17H13N5O4S. The van der Waals surface area contributed by atoms with Crippen LogP contribution in [0.4, 0.5) is 5.69 Å². The number of primary amides is 1. The lowest BCUT2D eigenvalue weighted by Gasteiger charge is -2.10.